The van der Waals surface area contributed by atoms with E-state index in [1.54, 1.807) is 0 Å². The van der Waals surface area contributed by atoms with Crippen molar-refractivity contribution < 1.29 is 4.74 Å². The molecule has 146 valence electrons. The second-order valence-electron chi connectivity index (χ2n) is 6.93. The van der Waals surface area contributed by atoms with E-state index in [1.807, 2.05) is 30.4 Å². The lowest BCUT2D eigenvalue weighted by atomic mass is 10.1. The van der Waals surface area contributed by atoms with Crippen molar-refractivity contribution in [2.75, 3.05) is 6.61 Å². The van der Waals surface area contributed by atoms with Gasteiger partial charge in [-0.3, -0.25) is 0 Å². The van der Waals surface area contributed by atoms with Gasteiger partial charge < -0.3 is 4.74 Å². The first-order chi connectivity index (χ1) is 13.8. The quantitative estimate of drug-likeness (QED) is 0.313. The molecule has 0 heterocycles. The smallest absolute Gasteiger partial charge is 0.119 e. The number of aryl methyl sites for hydroxylation is 1. The monoisotopic (exact) mass is 372 g/mol. The Morgan fingerprint density at radius 3 is 1.86 bits per heavy atom. The van der Waals surface area contributed by atoms with Crippen molar-refractivity contribution in [2.24, 2.45) is 0 Å². The summed E-state index contributed by atoms with van der Waals surface area (Å²) in [6.07, 6.45) is 15.1. The van der Waals surface area contributed by atoms with Gasteiger partial charge in [-0.1, -0.05) is 81.3 Å². The Morgan fingerprint density at radius 1 is 0.714 bits per heavy atom. The number of allylic oxidation sites excluding steroid dienone is 2. The lowest BCUT2D eigenvalue weighted by molar-refractivity contribution is 0.309. The van der Waals surface area contributed by atoms with E-state index in [9.17, 15) is 0 Å². The third kappa shape index (κ3) is 8.78. The third-order valence-corrected chi connectivity index (χ3v) is 4.50. The van der Waals surface area contributed by atoms with E-state index in [0.29, 0.717) is 0 Å². The molecule has 1 nitrogen and oxygen atoms in total. The molecule has 2 aromatic carbocycles. The van der Waals surface area contributed by atoms with Crippen LogP contribution in [-0.4, -0.2) is 6.61 Å². The van der Waals surface area contributed by atoms with Crippen LogP contribution < -0.4 is 4.74 Å². The van der Waals surface area contributed by atoms with Crippen LogP contribution in [0.3, 0.4) is 0 Å². The summed E-state index contributed by atoms with van der Waals surface area (Å²) in [5, 5.41) is 0. The largest absolute Gasteiger partial charge is 0.494 e. The van der Waals surface area contributed by atoms with Crippen molar-refractivity contribution in [2.45, 2.75) is 52.4 Å². The highest BCUT2D eigenvalue weighted by atomic mass is 16.5. The molecule has 0 N–H and O–H groups in total. The Balaban J connectivity index is 1.77. The molecule has 0 radical (unpaired) electrons. The SMILES string of the molecule is CCCCCc1ccc(/C=C/C#C/C=C/c2ccc(OCCCC)cc2)cc1. The molecule has 0 saturated carbocycles. The van der Waals surface area contributed by atoms with E-state index in [-0.39, 0.29) is 0 Å². The molecular formula is C27H32O. The molecule has 0 fully saturated rings. The Kier molecular flexibility index (Phi) is 10.4. The fraction of sp³-hybridized carbons (Fsp3) is 0.333. The Hall–Kier alpha value is -2.72. The van der Waals surface area contributed by atoms with Crippen molar-refractivity contribution in [3.63, 3.8) is 0 Å². The lowest BCUT2D eigenvalue weighted by Gasteiger charge is -2.04. The van der Waals surface area contributed by atoms with Crippen LogP contribution in [0.2, 0.25) is 0 Å². The first-order valence-electron chi connectivity index (χ1n) is 10.5. The van der Waals surface area contributed by atoms with Gasteiger partial charge in [0.05, 0.1) is 6.61 Å². The standard InChI is InChI=1S/C27H32O/c1-3-5-9-12-24-15-17-25(18-16-24)13-10-7-8-11-14-26-19-21-27(22-20-26)28-23-6-4-2/h10-11,13-22H,3-6,9,12,23H2,1-2H3/b13-10+,14-11+. The highest BCUT2D eigenvalue weighted by molar-refractivity contribution is 5.56. The Labute approximate surface area is 171 Å². The molecule has 2 rings (SSSR count). The van der Waals surface area contributed by atoms with Gasteiger partial charge in [-0.2, -0.15) is 0 Å². The number of benzene rings is 2. The maximum atomic E-state index is 5.67. The molecule has 0 atom stereocenters. The van der Waals surface area contributed by atoms with Crippen LogP contribution >= 0.6 is 0 Å². The average Bonchev–Trinajstić information content (AvgIpc) is 2.73. The van der Waals surface area contributed by atoms with Crippen molar-refractivity contribution in [1.82, 2.24) is 0 Å². The summed E-state index contributed by atoms with van der Waals surface area (Å²) in [6.45, 7) is 5.19. The lowest BCUT2D eigenvalue weighted by Crippen LogP contribution is -1.95. The van der Waals surface area contributed by atoms with Crippen LogP contribution in [0.15, 0.2) is 60.7 Å². The van der Waals surface area contributed by atoms with Crippen LogP contribution in [0.4, 0.5) is 0 Å². The van der Waals surface area contributed by atoms with Crippen LogP contribution in [0.1, 0.15) is 62.6 Å². The zero-order valence-corrected chi connectivity index (χ0v) is 17.3. The molecule has 2 aromatic rings. The zero-order chi connectivity index (χ0) is 19.9. The summed E-state index contributed by atoms with van der Waals surface area (Å²) in [7, 11) is 0. The topological polar surface area (TPSA) is 9.23 Å². The van der Waals surface area contributed by atoms with Crippen LogP contribution in [0.5, 0.6) is 5.75 Å². The van der Waals surface area contributed by atoms with Gasteiger partial charge in [0, 0.05) is 0 Å². The molecule has 0 aliphatic heterocycles. The Morgan fingerprint density at radius 2 is 1.29 bits per heavy atom. The molecule has 0 spiro atoms. The highest BCUT2D eigenvalue weighted by Crippen LogP contribution is 2.13. The summed E-state index contributed by atoms with van der Waals surface area (Å²) in [6, 6.07) is 16.9. The maximum Gasteiger partial charge on any atom is 0.119 e. The molecule has 0 unspecified atom stereocenters. The molecule has 1 heteroatoms. The van der Waals surface area contributed by atoms with Crippen LogP contribution in [-0.2, 0) is 6.42 Å². The number of ether oxygens (including phenoxy) is 1. The summed E-state index contributed by atoms with van der Waals surface area (Å²) in [5.41, 5.74) is 3.73. The minimum Gasteiger partial charge on any atom is -0.494 e. The van der Waals surface area contributed by atoms with Gasteiger partial charge in [-0.15, -0.1) is 0 Å². The van der Waals surface area contributed by atoms with Crippen molar-refractivity contribution in [3.05, 3.63) is 77.4 Å². The minimum absolute atomic E-state index is 0.783. The number of unbranched alkanes of at least 4 members (excludes halogenated alkanes) is 3. The Bertz CT molecular complexity index is 715. The number of hydrogen-bond donors (Lipinski definition) is 0. The first-order valence-corrected chi connectivity index (χ1v) is 10.5. The molecule has 0 aromatic heterocycles. The van der Waals surface area contributed by atoms with E-state index >= 15 is 0 Å². The van der Waals surface area contributed by atoms with E-state index in [1.165, 1.54) is 36.8 Å². The molecule has 0 bridgehead atoms. The maximum absolute atomic E-state index is 5.67. The van der Waals surface area contributed by atoms with Gasteiger partial charge in [0.25, 0.3) is 0 Å². The van der Waals surface area contributed by atoms with Crippen molar-refractivity contribution in [3.8, 4) is 17.6 Å². The molecule has 0 aliphatic carbocycles. The number of hydrogen-bond acceptors (Lipinski definition) is 1. The minimum atomic E-state index is 0.783. The van der Waals surface area contributed by atoms with E-state index in [4.69, 9.17) is 4.74 Å². The molecular weight excluding hydrogens is 340 g/mol. The average molecular weight is 373 g/mol. The predicted octanol–water partition coefficient (Wildman–Crippen LogP) is 7.33. The predicted molar refractivity (Wildman–Crippen MR) is 122 cm³/mol. The van der Waals surface area contributed by atoms with E-state index < -0.39 is 0 Å². The molecule has 0 aliphatic rings. The summed E-state index contributed by atoms with van der Waals surface area (Å²) >= 11 is 0. The second-order valence-corrected chi connectivity index (χ2v) is 6.93. The fourth-order valence-corrected chi connectivity index (χ4v) is 2.76. The van der Waals surface area contributed by atoms with Gasteiger partial charge >= 0.3 is 0 Å². The third-order valence-electron chi connectivity index (χ3n) is 4.50. The first kappa shape index (κ1) is 21.6. The summed E-state index contributed by atoms with van der Waals surface area (Å²) in [4.78, 5) is 0. The van der Waals surface area contributed by atoms with Gasteiger partial charge in [0.2, 0.25) is 0 Å². The molecule has 0 saturated heterocycles. The van der Waals surface area contributed by atoms with Gasteiger partial charge in [0.15, 0.2) is 0 Å². The normalized spacial score (nSPS) is 10.9. The highest BCUT2D eigenvalue weighted by Gasteiger charge is 1.94. The molecule has 28 heavy (non-hydrogen) atoms. The zero-order valence-electron chi connectivity index (χ0n) is 17.3. The van der Waals surface area contributed by atoms with Gasteiger partial charge in [-0.25, -0.2) is 0 Å². The van der Waals surface area contributed by atoms with Crippen molar-refractivity contribution >= 4 is 12.2 Å². The summed E-state index contributed by atoms with van der Waals surface area (Å²) < 4.78 is 5.67. The van der Waals surface area contributed by atoms with Crippen LogP contribution in [0, 0.1) is 11.8 Å². The van der Waals surface area contributed by atoms with Crippen LogP contribution in [0.25, 0.3) is 12.2 Å². The fourth-order valence-electron chi connectivity index (χ4n) is 2.76. The molecule has 0 amide bonds. The van der Waals surface area contributed by atoms with E-state index in [0.717, 1.165) is 30.8 Å². The van der Waals surface area contributed by atoms with Gasteiger partial charge in [-0.05, 0) is 72.4 Å². The van der Waals surface area contributed by atoms with E-state index in [2.05, 4.69) is 68.2 Å². The van der Waals surface area contributed by atoms with Crippen molar-refractivity contribution in [1.29, 1.82) is 0 Å². The second kappa shape index (κ2) is 13.4. The van der Waals surface area contributed by atoms with Gasteiger partial charge in [0.1, 0.15) is 5.75 Å². The summed E-state index contributed by atoms with van der Waals surface area (Å²) in [5.74, 6) is 7.05. The number of rotatable bonds is 10.